The van der Waals surface area contributed by atoms with Crippen LogP contribution in [0.1, 0.15) is 36.2 Å². The van der Waals surface area contributed by atoms with Gasteiger partial charge in [-0.2, -0.15) is 13.2 Å². The first kappa shape index (κ1) is 16.5. The third kappa shape index (κ3) is 4.59. The number of alkyl halides is 3. The second-order valence-corrected chi connectivity index (χ2v) is 5.37. The van der Waals surface area contributed by atoms with Gasteiger partial charge in [0.05, 0.1) is 5.60 Å². The molecule has 1 aliphatic carbocycles. The standard InChI is InChI=1S/C14H17F3N2O3/c15-14(16,17)9-22-10-4-3-7-18-11(10)12(20)19-8-13(21)5-1-2-6-13/h3-4,7,21H,1-2,5-6,8-9H2,(H,19,20). The first-order valence-electron chi connectivity index (χ1n) is 6.94. The molecule has 0 atom stereocenters. The van der Waals surface area contributed by atoms with Crippen LogP contribution in [0, 0.1) is 0 Å². The zero-order valence-electron chi connectivity index (χ0n) is 11.8. The number of pyridine rings is 1. The number of aromatic nitrogens is 1. The van der Waals surface area contributed by atoms with E-state index in [-0.39, 0.29) is 18.0 Å². The molecule has 0 unspecified atom stereocenters. The molecule has 0 saturated heterocycles. The van der Waals surface area contributed by atoms with E-state index in [1.807, 2.05) is 0 Å². The lowest BCUT2D eigenvalue weighted by atomic mass is 10.0. The van der Waals surface area contributed by atoms with Crippen molar-refractivity contribution in [3.05, 3.63) is 24.0 Å². The minimum absolute atomic E-state index is 0.0428. The maximum absolute atomic E-state index is 12.2. The molecule has 0 spiro atoms. The Kier molecular flexibility index (Phi) is 4.90. The van der Waals surface area contributed by atoms with Gasteiger partial charge in [0.1, 0.15) is 0 Å². The molecule has 2 rings (SSSR count). The zero-order valence-corrected chi connectivity index (χ0v) is 11.8. The van der Waals surface area contributed by atoms with E-state index in [4.69, 9.17) is 0 Å². The summed E-state index contributed by atoms with van der Waals surface area (Å²) in [4.78, 5) is 15.8. The number of nitrogens with zero attached hydrogens (tertiary/aromatic N) is 1. The van der Waals surface area contributed by atoms with Gasteiger partial charge in [-0.25, -0.2) is 4.98 Å². The molecule has 1 amide bonds. The fourth-order valence-electron chi connectivity index (χ4n) is 2.38. The zero-order chi connectivity index (χ0) is 16.2. The fraction of sp³-hybridized carbons (Fsp3) is 0.571. The number of halogens is 3. The number of rotatable bonds is 5. The largest absolute Gasteiger partial charge is 0.482 e. The minimum Gasteiger partial charge on any atom is -0.482 e. The highest BCUT2D eigenvalue weighted by molar-refractivity contribution is 5.94. The Morgan fingerprint density at radius 3 is 2.73 bits per heavy atom. The Labute approximate surface area is 125 Å². The summed E-state index contributed by atoms with van der Waals surface area (Å²) in [5.74, 6) is -0.908. The maximum atomic E-state index is 12.2. The SMILES string of the molecule is O=C(NCC1(O)CCCC1)c1ncccc1OCC(F)(F)F. The molecule has 0 radical (unpaired) electrons. The van der Waals surface area contributed by atoms with E-state index in [0.29, 0.717) is 12.8 Å². The molecule has 0 aromatic carbocycles. The lowest BCUT2D eigenvalue weighted by Gasteiger charge is -2.22. The number of hydrogen-bond donors (Lipinski definition) is 2. The Bertz CT molecular complexity index is 528. The van der Waals surface area contributed by atoms with Crippen LogP contribution in [0.15, 0.2) is 18.3 Å². The van der Waals surface area contributed by atoms with Gasteiger partial charge in [0, 0.05) is 12.7 Å². The third-order valence-electron chi connectivity index (χ3n) is 3.49. The molecule has 1 heterocycles. The topological polar surface area (TPSA) is 71.5 Å². The number of ether oxygens (including phenoxy) is 1. The second-order valence-electron chi connectivity index (χ2n) is 5.37. The predicted octanol–water partition coefficient (Wildman–Crippen LogP) is 2.06. The quantitative estimate of drug-likeness (QED) is 0.872. The van der Waals surface area contributed by atoms with Crippen LogP contribution in [0.3, 0.4) is 0 Å². The first-order chi connectivity index (χ1) is 10.3. The van der Waals surface area contributed by atoms with Gasteiger partial charge in [0.15, 0.2) is 18.1 Å². The van der Waals surface area contributed by atoms with Crippen molar-refractivity contribution in [2.75, 3.05) is 13.2 Å². The molecule has 22 heavy (non-hydrogen) atoms. The number of aliphatic hydroxyl groups is 1. The Morgan fingerprint density at radius 1 is 1.41 bits per heavy atom. The maximum Gasteiger partial charge on any atom is 0.422 e. The third-order valence-corrected chi connectivity index (χ3v) is 3.49. The van der Waals surface area contributed by atoms with E-state index in [9.17, 15) is 23.1 Å². The van der Waals surface area contributed by atoms with Crippen LogP contribution < -0.4 is 10.1 Å². The fourth-order valence-corrected chi connectivity index (χ4v) is 2.38. The van der Waals surface area contributed by atoms with Crippen LogP contribution in [0.4, 0.5) is 13.2 Å². The van der Waals surface area contributed by atoms with E-state index < -0.39 is 24.3 Å². The summed E-state index contributed by atoms with van der Waals surface area (Å²) in [7, 11) is 0. The highest BCUT2D eigenvalue weighted by atomic mass is 19.4. The van der Waals surface area contributed by atoms with Crippen molar-refractivity contribution < 1.29 is 27.8 Å². The Balaban J connectivity index is 1.99. The second kappa shape index (κ2) is 6.51. The van der Waals surface area contributed by atoms with Gasteiger partial charge in [-0.3, -0.25) is 4.79 Å². The number of carbonyl (C=O) groups is 1. The molecule has 8 heteroatoms. The summed E-state index contributed by atoms with van der Waals surface area (Å²) in [5.41, 5.74) is -1.18. The van der Waals surface area contributed by atoms with Gasteiger partial charge < -0.3 is 15.2 Å². The van der Waals surface area contributed by atoms with Crippen molar-refractivity contribution in [1.29, 1.82) is 0 Å². The molecule has 1 saturated carbocycles. The molecule has 2 N–H and O–H groups in total. The van der Waals surface area contributed by atoms with Gasteiger partial charge in [-0.1, -0.05) is 12.8 Å². The van der Waals surface area contributed by atoms with E-state index in [2.05, 4.69) is 15.0 Å². The lowest BCUT2D eigenvalue weighted by Crippen LogP contribution is -2.41. The van der Waals surface area contributed by atoms with Crippen LogP contribution in [-0.2, 0) is 0 Å². The van der Waals surface area contributed by atoms with E-state index in [0.717, 1.165) is 12.8 Å². The molecule has 122 valence electrons. The molecule has 5 nitrogen and oxygen atoms in total. The summed E-state index contributed by atoms with van der Waals surface area (Å²) in [6, 6.07) is 2.63. The van der Waals surface area contributed by atoms with Gasteiger partial charge in [0.25, 0.3) is 5.91 Å². The highest BCUT2D eigenvalue weighted by Crippen LogP contribution is 2.28. The Morgan fingerprint density at radius 2 is 2.09 bits per heavy atom. The van der Waals surface area contributed by atoms with Crippen molar-refractivity contribution >= 4 is 5.91 Å². The summed E-state index contributed by atoms with van der Waals surface area (Å²) in [6.07, 6.45) is -0.256. The molecular formula is C14H17F3N2O3. The van der Waals surface area contributed by atoms with Crippen LogP contribution in [0.5, 0.6) is 5.75 Å². The van der Waals surface area contributed by atoms with Crippen LogP contribution >= 0.6 is 0 Å². The predicted molar refractivity (Wildman–Crippen MR) is 71.5 cm³/mol. The van der Waals surface area contributed by atoms with Gasteiger partial charge >= 0.3 is 6.18 Å². The van der Waals surface area contributed by atoms with Crippen LogP contribution in [-0.4, -0.2) is 40.9 Å². The normalized spacial score (nSPS) is 17.3. The molecule has 0 aliphatic heterocycles. The van der Waals surface area contributed by atoms with E-state index >= 15 is 0 Å². The van der Waals surface area contributed by atoms with Crippen molar-refractivity contribution in [3.8, 4) is 5.75 Å². The van der Waals surface area contributed by atoms with Gasteiger partial charge in [-0.05, 0) is 25.0 Å². The number of nitrogens with one attached hydrogen (secondary N) is 1. The van der Waals surface area contributed by atoms with Gasteiger partial charge in [-0.15, -0.1) is 0 Å². The lowest BCUT2D eigenvalue weighted by molar-refractivity contribution is -0.153. The highest BCUT2D eigenvalue weighted by Gasteiger charge is 2.32. The smallest absolute Gasteiger partial charge is 0.422 e. The average molecular weight is 318 g/mol. The van der Waals surface area contributed by atoms with Crippen molar-refractivity contribution in [2.24, 2.45) is 0 Å². The van der Waals surface area contributed by atoms with Crippen molar-refractivity contribution in [3.63, 3.8) is 0 Å². The number of amides is 1. The first-order valence-corrected chi connectivity index (χ1v) is 6.94. The monoisotopic (exact) mass is 318 g/mol. The summed E-state index contributed by atoms with van der Waals surface area (Å²) >= 11 is 0. The molecular weight excluding hydrogens is 301 g/mol. The van der Waals surface area contributed by atoms with Crippen molar-refractivity contribution in [2.45, 2.75) is 37.5 Å². The van der Waals surface area contributed by atoms with Crippen LogP contribution in [0.25, 0.3) is 0 Å². The summed E-state index contributed by atoms with van der Waals surface area (Å²) in [6.45, 7) is -1.45. The number of hydrogen-bond acceptors (Lipinski definition) is 4. The minimum atomic E-state index is -4.50. The summed E-state index contributed by atoms with van der Waals surface area (Å²) in [5, 5.41) is 12.7. The molecule has 1 aromatic heterocycles. The average Bonchev–Trinajstić information content (AvgIpc) is 2.89. The molecule has 1 aliphatic rings. The van der Waals surface area contributed by atoms with E-state index in [1.165, 1.54) is 18.3 Å². The van der Waals surface area contributed by atoms with Crippen molar-refractivity contribution in [1.82, 2.24) is 10.3 Å². The van der Waals surface area contributed by atoms with E-state index in [1.54, 1.807) is 0 Å². The molecule has 1 fully saturated rings. The van der Waals surface area contributed by atoms with Gasteiger partial charge in [0.2, 0.25) is 0 Å². The number of carbonyl (C=O) groups excluding carboxylic acids is 1. The Hall–Kier alpha value is -1.83. The molecule has 0 bridgehead atoms. The van der Waals surface area contributed by atoms with Crippen LogP contribution in [0.2, 0.25) is 0 Å². The summed E-state index contributed by atoms with van der Waals surface area (Å²) < 4.78 is 41.2. The molecule has 1 aromatic rings.